The quantitative estimate of drug-likeness (QED) is 0.290. The predicted octanol–water partition coefficient (Wildman–Crippen LogP) is 6.82. The smallest absolute Gasteiger partial charge is 0.270 e. The number of rotatable bonds is 9. The first-order valence-corrected chi connectivity index (χ1v) is 13.5. The minimum absolute atomic E-state index is 0.0756. The molecular formula is C29H33Cl2N3O3. The number of ether oxygens (including phenoxy) is 1. The van der Waals surface area contributed by atoms with Crippen LogP contribution in [-0.2, 0) is 0 Å². The molecule has 1 heterocycles. The molecule has 37 heavy (non-hydrogen) atoms. The molecule has 4 rings (SSSR count). The number of aromatic nitrogens is 1. The third-order valence-corrected chi connectivity index (χ3v) is 7.15. The second-order valence-corrected chi connectivity index (χ2v) is 10.5. The van der Waals surface area contributed by atoms with E-state index in [1.807, 2.05) is 32.3 Å². The highest BCUT2D eigenvalue weighted by Crippen LogP contribution is 2.39. The molecule has 1 amide bonds. The molecule has 1 aliphatic carbocycles. The Morgan fingerprint density at radius 3 is 2.51 bits per heavy atom. The Balaban J connectivity index is 1.70. The zero-order chi connectivity index (χ0) is 26.4. The Morgan fingerprint density at radius 2 is 1.78 bits per heavy atom. The molecule has 0 radical (unpaired) electrons. The van der Waals surface area contributed by atoms with Crippen molar-refractivity contribution >= 4 is 29.1 Å². The summed E-state index contributed by atoms with van der Waals surface area (Å²) in [5.41, 5.74) is 3.10. The van der Waals surface area contributed by atoms with Gasteiger partial charge in [-0.05, 0) is 75.8 Å². The van der Waals surface area contributed by atoms with Gasteiger partial charge in [0, 0.05) is 29.3 Å². The molecule has 3 aromatic rings. The topological polar surface area (TPSA) is 74.7 Å². The van der Waals surface area contributed by atoms with E-state index in [-0.39, 0.29) is 17.7 Å². The summed E-state index contributed by atoms with van der Waals surface area (Å²) < 4.78 is 5.99. The fourth-order valence-corrected chi connectivity index (χ4v) is 5.02. The van der Waals surface area contributed by atoms with Gasteiger partial charge in [-0.25, -0.2) is 4.98 Å². The first-order valence-electron chi connectivity index (χ1n) is 12.7. The van der Waals surface area contributed by atoms with E-state index in [2.05, 4.69) is 10.2 Å². The van der Waals surface area contributed by atoms with E-state index in [1.165, 1.54) is 12.5 Å². The van der Waals surface area contributed by atoms with Gasteiger partial charge in [0.2, 0.25) is 0 Å². The van der Waals surface area contributed by atoms with Crippen molar-refractivity contribution in [2.24, 2.45) is 0 Å². The predicted molar refractivity (Wildman–Crippen MR) is 150 cm³/mol. The van der Waals surface area contributed by atoms with Crippen molar-refractivity contribution in [3.63, 3.8) is 0 Å². The number of benzene rings is 2. The van der Waals surface area contributed by atoms with Gasteiger partial charge in [-0.2, -0.15) is 0 Å². The number of halogens is 2. The average molecular weight is 543 g/mol. The third-order valence-electron chi connectivity index (χ3n) is 6.52. The number of pyridine rings is 1. The normalized spacial score (nSPS) is 14.1. The van der Waals surface area contributed by atoms with Crippen LogP contribution in [0.3, 0.4) is 0 Å². The summed E-state index contributed by atoms with van der Waals surface area (Å²) >= 11 is 13.0. The highest BCUT2D eigenvalue weighted by Gasteiger charge is 2.21. The number of carbonyl (C=O) groups excluding carboxylic acids is 1. The summed E-state index contributed by atoms with van der Waals surface area (Å²) in [5.74, 6) is 0.441. The maximum Gasteiger partial charge on any atom is 0.270 e. The minimum atomic E-state index is -0.189. The summed E-state index contributed by atoms with van der Waals surface area (Å²) in [5, 5.41) is 13.9. The van der Waals surface area contributed by atoms with Crippen LogP contribution >= 0.6 is 23.2 Å². The average Bonchev–Trinajstić information content (AvgIpc) is 2.88. The first-order chi connectivity index (χ1) is 17.8. The van der Waals surface area contributed by atoms with Gasteiger partial charge in [-0.1, -0.05) is 48.5 Å². The van der Waals surface area contributed by atoms with Crippen LogP contribution in [0.15, 0.2) is 48.5 Å². The molecular weight excluding hydrogens is 509 g/mol. The molecule has 0 atom stereocenters. The number of carbonyl (C=O) groups is 1. The van der Waals surface area contributed by atoms with E-state index in [0.717, 1.165) is 49.8 Å². The van der Waals surface area contributed by atoms with Crippen LogP contribution < -0.4 is 10.1 Å². The lowest BCUT2D eigenvalue weighted by atomic mass is 9.95. The lowest BCUT2D eigenvalue weighted by Crippen LogP contribution is -2.36. The number of phenolic OH excluding ortho intramolecular Hbond substituents is 1. The van der Waals surface area contributed by atoms with Crippen molar-refractivity contribution < 1.29 is 14.6 Å². The summed E-state index contributed by atoms with van der Waals surface area (Å²) in [6.45, 7) is 1.43. The molecule has 1 aliphatic rings. The molecule has 6 nitrogen and oxygen atoms in total. The number of aromatic hydroxyl groups is 1. The Morgan fingerprint density at radius 1 is 1.03 bits per heavy atom. The van der Waals surface area contributed by atoms with Gasteiger partial charge >= 0.3 is 0 Å². The Kier molecular flexibility index (Phi) is 9.30. The number of hydrogen-bond donors (Lipinski definition) is 2. The van der Waals surface area contributed by atoms with Crippen molar-refractivity contribution in [2.75, 3.05) is 27.2 Å². The fourth-order valence-electron chi connectivity index (χ4n) is 4.58. The molecule has 0 aliphatic heterocycles. The lowest BCUT2D eigenvalue weighted by Gasteiger charge is -2.22. The molecule has 196 valence electrons. The van der Waals surface area contributed by atoms with Crippen molar-refractivity contribution in [3.05, 3.63) is 64.3 Å². The van der Waals surface area contributed by atoms with Gasteiger partial charge < -0.3 is 20.1 Å². The van der Waals surface area contributed by atoms with Crippen LogP contribution in [0.2, 0.25) is 10.0 Å². The van der Waals surface area contributed by atoms with Crippen LogP contribution in [0.25, 0.3) is 22.4 Å². The highest BCUT2D eigenvalue weighted by molar-refractivity contribution is 6.33. The summed E-state index contributed by atoms with van der Waals surface area (Å²) in [6.07, 6.45) is 6.31. The molecule has 2 N–H and O–H groups in total. The number of hydrogen-bond acceptors (Lipinski definition) is 5. The molecule has 1 fully saturated rings. The van der Waals surface area contributed by atoms with Crippen LogP contribution in [0.1, 0.15) is 49.0 Å². The molecule has 1 saturated carbocycles. The Labute approximate surface area is 228 Å². The molecule has 0 bridgehead atoms. The van der Waals surface area contributed by atoms with Crippen LogP contribution in [0.4, 0.5) is 0 Å². The van der Waals surface area contributed by atoms with Crippen molar-refractivity contribution in [1.29, 1.82) is 0 Å². The van der Waals surface area contributed by atoms with Gasteiger partial charge in [-0.15, -0.1) is 0 Å². The fraction of sp³-hybridized carbons (Fsp3) is 0.379. The van der Waals surface area contributed by atoms with Crippen LogP contribution in [0, 0.1) is 0 Å². The van der Waals surface area contributed by atoms with E-state index in [1.54, 1.807) is 24.3 Å². The molecule has 8 heteroatoms. The molecule has 2 aromatic carbocycles. The highest BCUT2D eigenvalue weighted by atomic mass is 35.5. The van der Waals surface area contributed by atoms with E-state index in [4.69, 9.17) is 32.9 Å². The van der Waals surface area contributed by atoms with E-state index < -0.39 is 0 Å². The van der Waals surface area contributed by atoms with E-state index >= 15 is 0 Å². The van der Waals surface area contributed by atoms with E-state index in [0.29, 0.717) is 39.4 Å². The standard InChI is InChI=1S/C29H33Cl2N3O3/c1-34(2)15-6-16-37-27-17-19(9-13-24(27)30)28-23(22-11-10-21(35)18-25(22)31)12-14-26(33-28)29(36)32-20-7-4-3-5-8-20/h9-14,17-18,20,35H,3-8,15-16H2,1-2H3,(H,32,36). The molecule has 0 spiro atoms. The number of nitrogens with zero attached hydrogens (tertiary/aromatic N) is 2. The molecule has 0 unspecified atom stereocenters. The SMILES string of the molecule is CN(C)CCCOc1cc(-c2nc(C(=O)NC3CCCCC3)ccc2-c2ccc(O)cc2Cl)ccc1Cl. The minimum Gasteiger partial charge on any atom is -0.508 e. The van der Waals surface area contributed by atoms with Gasteiger partial charge in [0.25, 0.3) is 5.91 Å². The summed E-state index contributed by atoms with van der Waals surface area (Å²) in [4.78, 5) is 20.0. The maximum atomic E-state index is 13.1. The largest absolute Gasteiger partial charge is 0.508 e. The lowest BCUT2D eigenvalue weighted by molar-refractivity contribution is 0.0923. The van der Waals surface area contributed by atoms with Crippen LogP contribution in [-0.4, -0.2) is 54.2 Å². The first kappa shape index (κ1) is 27.2. The van der Waals surface area contributed by atoms with Gasteiger partial charge in [0.1, 0.15) is 17.2 Å². The van der Waals surface area contributed by atoms with Gasteiger partial charge in [0.15, 0.2) is 0 Å². The van der Waals surface area contributed by atoms with E-state index in [9.17, 15) is 9.90 Å². The Hall–Kier alpha value is -2.80. The second-order valence-electron chi connectivity index (χ2n) is 9.72. The number of nitrogens with one attached hydrogen (secondary N) is 1. The van der Waals surface area contributed by atoms with Crippen LogP contribution in [0.5, 0.6) is 11.5 Å². The number of phenols is 1. The van der Waals surface area contributed by atoms with Gasteiger partial charge in [-0.3, -0.25) is 4.79 Å². The second kappa shape index (κ2) is 12.6. The zero-order valence-electron chi connectivity index (χ0n) is 21.3. The van der Waals surface area contributed by atoms with Crippen molar-refractivity contribution in [1.82, 2.24) is 15.2 Å². The maximum absolute atomic E-state index is 13.1. The Bertz CT molecular complexity index is 1240. The molecule has 1 aromatic heterocycles. The molecule has 0 saturated heterocycles. The van der Waals surface area contributed by atoms with Crippen molar-refractivity contribution in [2.45, 2.75) is 44.6 Å². The zero-order valence-corrected chi connectivity index (χ0v) is 22.8. The van der Waals surface area contributed by atoms with Gasteiger partial charge in [0.05, 0.1) is 22.3 Å². The third kappa shape index (κ3) is 7.16. The van der Waals surface area contributed by atoms with Crippen molar-refractivity contribution in [3.8, 4) is 33.9 Å². The number of amides is 1. The summed E-state index contributed by atoms with van der Waals surface area (Å²) in [7, 11) is 4.04. The summed E-state index contributed by atoms with van der Waals surface area (Å²) in [6, 6.07) is 14.0. The monoisotopic (exact) mass is 541 g/mol.